The number of aromatic amines is 1. The Balaban J connectivity index is 2.18. The predicted octanol–water partition coefficient (Wildman–Crippen LogP) is 2.24. The van der Waals surface area contributed by atoms with Crippen LogP contribution in [0.2, 0.25) is 5.02 Å². The Labute approximate surface area is 119 Å². The van der Waals surface area contributed by atoms with Crippen molar-refractivity contribution in [2.45, 2.75) is 6.54 Å². The summed E-state index contributed by atoms with van der Waals surface area (Å²) >= 11 is 5.92. The summed E-state index contributed by atoms with van der Waals surface area (Å²) in [5.41, 5.74) is 0.922. The molecule has 7 nitrogen and oxygen atoms in total. The van der Waals surface area contributed by atoms with Crippen LogP contribution in [-0.4, -0.2) is 33.0 Å². The van der Waals surface area contributed by atoms with Gasteiger partial charge < -0.3 is 4.90 Å². The van der Waals surface area contributed by atoms with Gasteiger partial charge in [0.2, 0.25) is 0 Å². The van der Waals surface area contributed by atoms with Gasteiger partial charge in [-0.2, -0.15) is 5.10 Å². The molecule has 0 spiro atoms. The molecule has 0 saturated carbocycles. The SMILES string of the molecule is CN(Cc1cn[nH]c1)C(=O)c1ccc([N+](=O)[O-])cc1Cl. The third-order valence-corrected chi connectivity index (χ3v) is 3.03. The van der Waals surface area contributed by atoms with E-state index in [4.69, 9.17) is 11.6 Å². The van der Waals surface area contributed by atoms with Crippen molar-refractivity contribution in [3.63, 3.8) is 0 Å². The average molecular weight is 295 g/mol. The maximum absolute atomic E-state index is 12.2. The van der Waals surface area contributed by atoms with Crippen LogP contribution < -0.4 is 0 Å². The molecule has 1 heterocycles. The number of nitro benzene ring substituents is 1. The van der Waals surface area contributed by atoms with Crippen LogP contribution in [0.4, 0.5) is 5.69 Å². The minimum atomic E-state index is -0.560. The third-order valence-electron chi connectivity index (χ3n) is 2.72. The molecule has 0 aliphatic rings. The van der Waals surface area contributed by atoms with E-state index in [0.717, 1.165) is 5.56 Å². The van der Waals surface area contributed by atoms with Gasteiger partial charge in [0.05, 0.1) is 21.7 Å². The van der Waals surface area contributed by atoms with Crippen molar-refractivity contribution in [1.29, 1.82) is 0 Å². The van der Waals surface area contributed by atoms with E-state index in [1.165, 1.54) is 23.1 Å². The summed E-state index contributed by atoms with van der Waals surface area (Å²) in [4.78, 5) is 23.7. The zero-order chi connectivity index (χ0) is 14.7. The van der Waals surface area contributed by atoms with Crippen LogP contribution in [-0.2, 0) is 6.54 Å². The monoisotopic (exact) mass is 294 g/mol. The highest BCUT2D eigenvalue weighted by molar-refractivity contribution is 6.34. The number of amides is 1. The summed E-state index contributed by atoms with van der Waals surface area (Å²) in [7, 11) is 1.62. The lowest BCUT2D eigenvalue weighted by atomic mass is 10.1. The minimum absolute atomic E-state index is 0.0586. The van der Waals surface area contributed by atoms with Gasteiger partial charge in [0.1, 0.15) is 0 Å². The Bertz CT molecular complexity index is 642. The number of hydrogen-bond acceptors (Lipinski definition) is 4. The van der Waals surface area contributed by atoms with Gasteiger partial charge in [0.25, 0.3) is 11.6 Å². The highest BCUT2D eigenvalue weighted by Gasteiger charge is 2.18. The molecule has 1 aromatic carbocycles. The molecule has 0 fully saturated rings. The first-order chi connectivity index (χ1) is 9.49. The Morgan fingerprint density at radius 1 is 1.55 bits per heavy atom. The zero-order valence-electron chi connectivity index (χ0n) is 10.5. The number of H-pyrrole nitrogens is 1. The molecule has 0 radical (unpaired) electrons. The van der Waals surface area contributed by atoms with E-state index in [9.17, 15) is 14.9 Å². The lowest BCUT2D eigenvalue weighted by molar-refractivity contribution is -0.384. The molecule has 0 aliphatic heterocycles. The van der Waals surface area contributed by atoms with E-state index >= 15 is 0 Å². The first-order valence-electron chi connectivity index (χ1n) is 5.66. The summed E-state index contributed by atoms with van der Waals surface area (Å²) in [6.07, 6.45) is 3.29. The summed E-state index contributed by atoms with van der Waals surface area (Å²) < 4.78 is 0. The Morgan fingerprint density at radius 2 is 2.30 bits per heavy atom. The van der Waals surface area contributed by atoms with Crippen molar-refractivity contribution in [3.05, 3.63) is 56.9 Å². The number of nitrogens with zero attached hydrogens (tertiary/aromatic N) is 3. The Morgan fingerprint density at radius 3 is 2.85 bits per heavy atom. The second kappa shape index (κ2) is 5.70. The fraction of sp³-hybridized carbons (Fsp3) is 0.167. The summed E-state index contributed by atoms with van der Waals surface area (Å²) in [5, 5.41) is 17.1. The number of carbonyl (C=O) groups excluding carboxylic acids is 1. The van der Waals surface area contributed by atoms with E-state index in [1.807, 2.05) is 0 Å². The molecule has 20 heavy (non-hydrogen) atoms. The second-order valence-electron chi connectivity index (χ2n) is 4.19. The van der Waals surface area contributed by atoms with E-state index < -0.39 is 4.92 Å². The summed E-state index contributed by atoms with van der Waals surface area (Å²) in [6.45, 7) is 0.364. The van der Waals surface area contributed by atoms with Crippen LogP contribution in [0.5, 0.6) is 0 Å². The van der Waals surface area contributed by atoms with Crippen LogP contribution in [0, 0.1) is 10.1 Å². The first kappa shape index (κ1) is 14.0. The number of rotatable bonds is 4. The molecule has 2 aromatic rings. The standard InChI is InChI=1S/C12H11ClN4O3/c1-16(7-8-5-14-15-6-8)12(18)10-3-2-9(17(19)20)4-11(10)13/h2-6H,7H2,1H3,(H,14,15). The molecular formula is C12H11ClN4O3. The van der Waals surface area contributed by atoms with Gasteiger partial charge in [0, 0.05) is 37.5 Å². The van der Waals surface area contributed by atoms with E-state index in [-0.39, 0.29) is 22.2 Å². The van der Waals surface area contributed by atoms with Gasteiger partial charge >= 0.3 is 0 Å². The highest BCUT2D eigenvalue weighted by atomic mass is 35.5. The number of hydrogen-bond donors (Lipinski definition) is 1. The molecule has 1 aromatic heterocycles. The maximum Gasteiger partial charge on any atom is 0.270 e. The Hall–Kier alpha value is -2.41. The maximum atomic E-state index is 12.2. The van der Waals surface area contributed by atoms with Gasteiger partial charge in [-0.1, -0.05) is 11.6 Å². The van der Waals surface area contributed by atoms with Gasteiger partial charge in [-0.15, -0.1) is 0 Å². The van der Waals surface area contributed by atoms with Crippen LogP contribution in [0.1, 0.15) is 15.9 Å². The third kappa shape index (κ3) is 2.94. The number of nitrogens with one attached hydrogen (secondary N) is 1. The quantitative estimate of drug-likeness (QED) is 0.691. The fourth-order valence-electron chi connectivity index (χ4n) is 1.71. The van der Waals surface area contributed by atoms with Gasteiger partial charge in [0.15, 0.2) is 0 Å². The minimum Gasteiger partial charge on any atom is -0.337 e. The van der Waals surface area contributed by atoms with Crippen molar-refractivity contribution in [1.82, 2.24) is 15.1 Å². The summed E-state index contributed by atoms with van der Waals surface area (Å²) in [6, 6.07) is 3.78. The number of benzene rings is 1. The molecule has 0 aliphatic carbocycles. The molecule has 1 amide bonds. The molecule has 1 N–H and O–H groups in total. The second-order valence-corrected chi connectivity index (χ2v) is 4.60. The number of halogens is 1. The number of aromatic nitrogens is 2. The van der Waals surface area contributed by atoms with Crippen LogP contribution in [0.25, 0.3) is 0 Å². The van der Waals surface area contributed by atoms with Crippen LogP contribution in [0.3, 0.4) is 0 Å². The lowest BCUT2D eigenvalue weighted by Gasteiger charge is -2.16. The van der Waals surface area contributed by atoms with Crippen LogP contribution in [0.15, 0.2) is 30.6 Å². The highest BCUT2D eigenvalue weighted by Crippen LogP contribution is 2.23. The normalized spacial score (nSPS) is 10.3. The fourth-order valence-corrected chi connectivity index (χ4v) is 1.96. The van der Waals surface area contributed by atoms with E-state index in [2.05, 4.69) is 10.2 Å². The number of non-ortho nitro benzene ring substituents is 1. The Kier molecular flexibility index (Phi) is 3.99. The lowest BCUT2D eigenvalue weighted by Crippen LogP contribution is -2.26. The number of carbonyl (C=O) groups is 1. The molecule has 0 bridgehead atoms. The molecule has 0 saturated heterocycles. The van der Waals surface area contributed by atoms with Crippen molar-refractivity contribution in [2.24, 2.45) is 0 Å². The smallest absolute Gasteiger partial charge is 0.270 e. The predicted molar refractivity (Wildman–Crippen MR) is 72.5 cm³/mol. The molecule has 0 atom stereocenters. The van der Waals surface area contributed by atoms with Crippen LogP contribution >= 0.6 is 11.6 Å². The van der Waals surface area contributed by atoms with Crippen molar-refractivity contribution >= 4 is 23.2 Å². The van der Waals surface area contributed by atoms with E-state index in [0.29, 0.717) is 6.54 Å². The molecule has 2 rings (SSSR count). The van der Waals surface area contributed by atoms with Crippen molar-refractivity contribution < 1.29 is 9.72 Å². The van der Waals surface area contributed by atoms with E-state index in [1.54, 1.807) is 19.4 Å². The number of nitro groups is 1. The van der Waals surface area contributed by atoms with Gasteiger partial charge in [-0.25, -0.2) is 0 Å². The largest absolute Gasteiger partial charge is 0.337 e. The molecule has 8 heteroatoms. The van der Waals surface area contributed by atoms with Crippen molar-refractivity contribution in [3.8, 4) is 0 Å². The first-order valence-corrected chi connectivity index (χ1v) is 6.04. The topological polar surface area (TPSA) is 92.1 Å². The van der Waals surface area contributed by atoms with Crippen molar-refractivity contribution in [2.75, 3.05) is 7.05 Å². The molecule has 0 unspecified atom stereocenters. The molecule has 104 valence electrons. The average Bonchev–Trinajstić information content (AvgIpc) is 2.90. The van der Waals surface area contributed by atoms with Gasteiger partial charge in [-0.3, -0.25) is 20.0 Å². The molecular weight excluding hydrogens is 284 g/mol. The zero-order valence-corrected chi connectivity index (χ0v) is 11.3. The van der Waals surface area contributed by atoms with Gasteiger partial charge in [-0.05, 0) is 6.07 Å². The summed E-state index contributed by atoms with van der Waals surface area (Å²) in [5.74, 6) is -0.314.